The number of hydrogen-bond acceptors (Lipinski definition) is 2. The van der Waals surface area contributed by atoms with Crippen LogP contribution in [-0.2, 0) is 0 Å². The predicted octanol–water partition coefficient (Wildman–Crippen LogP) is 2.85. The van der Waals surface area contributed by atoms with Crippen LogP contribution < -0.4 is 5.32 Å². The first-order valence-corrected chi connectivity index (χ1v) is 5.27. The highest BCUT2D eigenvalue weighted by Crippen LogP contribution is 2.16. The fraction of sp³-hybridized carbons (Fsp3) is 0.500. The maximum Gasteiger partial charge on any atom is 0.127 e. The minimum Gasteiger partial charge on any atom is -0.374 e. The van der Waals surface area contributed by atoms with Gasteiger partial charge in [0.25, 0.3) is 0 Å². The minimum absolute atomic E-state index is 0.329. The Balaban J connectivity index is 2.52. The van der Waals surface area contributed by atoms with Crippen molar-refractivity contribution in [2.45, 2.75) is 32.9 Å². The molecule has 2 nitrogen and oxygen atoms in total. The highest BCUT2D eigenvalue weighted by molar-refractivity contribution is 5.42. The lowest BCUT2D eigenvalue weighted by Gasteiger charge is -2.22. The third-order valence-corrected chi connectivity index (χ3v) is 2.58. The summed E-state index contributed by atoms with van der Waals surface area (Å²) >= 11 is 0. The summed E-state index contributed by atoms with van der Waals surface area (Å²) in [4.78, 5) is 0. The second kappa shape index (κ2) is 5.66. The van der Waals surface area contributed by atoms with Gasteiger partial charge in [-0.3, -0.25) is 0 Å². The third kappa shape index (κ3) is 3.04. The molecule has 0 bridgehead atoms. The van der Waals surface area contributed by atoms with Gasteiger partial charge in [0.2, 0.25) is 0 Å². The molecule has 0 aromatic heterocycles. The van der Waals surface area contributed by atoms with Crippen molar-refractivity contribution in [1.82, 2.24) is 0 Å². The SMILES string of the molecule is CCC(CC)C(O)Nc1ccccc1. The number of rotatable bonds is 5. The number of hydrogen-bond donors (Lipinski definition) is 2. The highest BCUT2D eigenvalue weighted by Gasteiger charge is 2.14. The molecule has 0 aliphatic carbocycles. The van der Waals surface area contributed by atoms with Gasteiger partial charge in [-0.1, -0.05) is 32.0 Å². The van der Waals surface area contributed by atoms with E-state index in [0.717, 1.165) is 18.5 Å². The van der Waals surface area contributed by atoms with Crippen molar-refractivity contribution in [1.29, 1.82) is 0 Å². The predicted molar refractivity (Wildman–Crippen MR) is 60.1 cm³/mol. The lowest BCUT2D eigenvalue weighted by atomic mass is 10.0. The first-order chi connectivity index (χ1) is 6.77. The number of aliphatic hydroxyl groups is 1. The Morgan fingerprint density at radius 3 is 2.21 bits per heavy atom. The normalized spacial score (nSPS) is 12.9. The second-order valence-electron chi connectivity index (χ2n) is 3.53. The fourth-order valence-corrected chi connectivity index (χ4v) is 1.56. The van der Waals surface area contributed by atoms with Crippen molar-refractivity contribution in [2.24, 2.45) is 5.92 Å². The van der Waals surface area contributed by atoms with Crippen LogP contribution in [0.3, 0.4) is 0 Å². The zero-order valence-electron chi connectivity index (χ0n) is 8.90. The summed E-state index contributed by atoms with van der Waals surface area (Å²) in [7, 11) is 0. The molecule has 78 valence electrons. The first-order valence-electron chi connectivity index (χ1n) is 5.27. The molecule has 0 radical (unpaired) electrons. The van der Waals surface area contributed by atoms with Crippen molar-refractivity contribution >= 4 is 5.69 Å². The van der Waals surface area contributed by atoms with E-state index in [1.54, 1.807) is 0 Å². The van der Waals surface area contributed by atoms with Crippen LogP contribution in [0.1, 0.15) is 26.7 Å². The molecule has 1 rings (SSSR count). The Bertz CT molecular complexity index is 244. The molecule has 0 aliphatic rings. The van der Waals surface area contributed by atoms with Gasteiger partial charge in [-0.25, -0.2) is 0 Å². The van der Waals surface area contributed by atoms with Gasteiger partial charge in [0, 0.05) is 11.6 Å². The smallest absolute Gasteiger partial charge is 0.127 e. The lowest BCUT2D eigenvalue weighted by molar-refractivity contribution is 0.129. The van der Waals surface area contributed by atoms with Crippen LogP contribution in [0.4, 0.5) is 5.69 Å². The van der Waals surface area contributed by atoms with Crippen molar-refractivity contribution in [3.63, 3.8) is 0 Å². The minimum atomic E-state index is -0.438. The lowest BCUT2D eigenvalue weighted by Crippen LogP contribution is -2.27. The Kier molecular flexibility index (Phi) is 4.47. The van der Waals surface area contributed by atoms with Crippen LogP contribution in [-0.4, -0.2) is 11.3 Å². The summed E-state index contributed by atoms with van der Waals surface area (Å²) in [6, 6.07) is 9.82. The number of anilines is 1. The number of nitrogens with one attached hydrogen (secondary N) is 1. The van der Waals surface area contributed by atoms with Crippen LogP contribution in [0.2, 0.25) is 0 Å². The topological polar surface area (TPSA) is 32.3 Å². The van der Waals surface area contributed by atoms with E-state index >= 15 is 0 Å². The summed E-state index contributed by atoms with van der Waals surface area (Å²) in [5.41, 5.74) is 0.979. The standard InChI is InChI=1S/C12H19NO/c1-3-10(4-2)12(14)13-11-8-6-5-7-9-11/h5-10,12-14H,3-4H2,1-2H3. The maximum absolute atomic E-state index is 9.85. The number of para-hydroxylation sites is 1. The molecule has 0 aliphatic heterocycles. The number of aliphatic hydroxyl groups excluding tert-OH is 1. The molecule has 1 unspecified atom stereocenters. The Labute approximate surface area is 86.0 Å². The van der Waals surface area contributed by atoms with Gasteiger partial charge < -0.3 is 10.4 Å². The average Bonchev–Trinajstić information content (AvgIpc) is 2.21. The van der Waals surface area contributed by atoms with E-state index < -0.39 is 6.23 Å². The molecule has 2 N–H and O–H groups in total. The van der Waals surface area contributed by atoms with Crippen LogP contribution in [0, 0.1) is 5.92 Å². The third-order valence-electron chi connectivity index (χ3n) is 2.58. The van der Waals surface area contributed by atoms with E-state index in [0.29, 0.717) is 5.92 Å². The van der Waals surface area contributed by atoms with Crippen molar-refractivity contribution in [3.05, 3.63) is 30.3 Å². The van der Waals surface area contributed by atoms with Crippen LogP contribution in [0.5, 0.6) is 0 Å². The van der Waals surface area contributed by atoms with E-state index in [1.165, 1.54) is 0 Å². The zero-order valence-corrected chi connectivity index (χ0v) is 8.90. The molecule has 14 heavy (non-hydrogen) atoms. The molecule has 2 heteroatoms. The van der Waals surface area contributed by atoms with Crippen LogP contribution >= 0.6 is 0 Å². The second-order valence-corrected chi connectivity index (χ2v) is 3.53. The van der Waals surface area contributed by atoms with Crippen molar-refractivity contribution in [3.8, 4) is 0 Å². The van der Waals surface area contributed by atoms with Gasteiger partial charge >= 0.3 is 0 Å². The molecule has 1 atom stereocenters. The van der Waals surface area contributed by atoms with E-state index in [1.807, 2.05) is 30.3 Å². The molecule has 0 amide bonds. The van der Waals surface area contributed by atoms with Crippen LogP contribution in [0.15, 0.2) is 30.3 Å². The average molecular weight is 193 g/mol. The monoisotopic (exact) mass is 193 g/mol. The Morgan fingerprint density at radius 1 is 1.14 bits per heavy atom. The summed E-state index contributed by atoms with van der Waals surface area (Å²) in [6.07, 6.45) is 1.56. The maximum atomic E-state index is 9.85. The van der Waals surface area contributed by atoms with E-state index in [2.05, 4.69) is 19.2 Å². The number of benzene rings is 1. The molecule has 0 saturated heterocycles. The van der Waals surface area contributed by atoms with Gasteiger partial charge in [0.05, 0.1) is 0 Å². The summed E-state index contributed by atoms with van der Waals surface area (Å²) in [5, 5.41) is 13.0. The molecule has 1 aromatic rings. The summed E-state index contributed by atoms with van der Waals surface area (Å²) < 4.78 is 0. The van der Waals surface area contributed by atoms with E-state index in [4.69, 9.17) is 0 Å². The van der Waals surface area contributed by atoms with Crippen molar-refractivity contribution < 1.29 is 5.11 Å². The molecule has 0 fully saturated rings. The molecule has 0 heterocycles. The van der Waals surface area contributed by atoms with Gasteiger partial charge in [-0.2, -0.15) is 0 Å². The highest BCUT2D eigenvalue weighted by atomic mass is 16.3. The first kappa shape index (κ1) is 11.1. The molecule has 1 aromatic carbocycles. The molecule has 0 saturated carbocycles. The van der Waals surface area contributed by atoms with Crippen molar-refractivity contribution in [2.75, 3.05) is 5.32 Å². The molecule has 0 spiro atoms. The van der Waals surface area contributed by atoms with Crippen LogP contribution in [0.25, 0.3) is 0 Å². The summed E-state index contributed by atoms with van der Waals surface area (Å²) in [6.45, 7) is 4.20. The quantitative estimate of drug-likeness (QED) is 0.705. The van der Waals surface area contributed by atoms with Gasteiger partial charge in [-0.15, -0.1) is 0 Å². The zero-order chi connectivity index (χ0) is 10.4. The molecular weight excluding hydrogens is 174 g/mol. The fourth-order valence-electron chi connectivity index (χ4n) is 1.56. The van der Waals surface area contributed by atoms with E-state index in [9.17, 15) is 5.11 Å². The van der Waals surface area contributed by atoms with Gasteiger partial charge in [0.15, 0.2) is 0 Å². The van der Waals surface area contributed by atoms with E-state index in [-0.39, 0.29) is 0 Å². The Hall–Kier alpha value is -1.02. The van der Waals surface area contributed by atoms with Gasteiger partial charge in [0.1, 0.15) is 6.23 Å². The largest absolute Gasteiger partial charge is 0.374 e. The molecular formula is C12H19NO. The summed E-state index contributed by atoms with van der Waals surface area (Å²) in [5.74, 6) is 0.329. The van der Waals surface area contributed by atoms with Gasteiger partial charge in [-0.05, 0) is 25.0 Å². The Morgan fingerprint density at radius 2 is 1.71 bits per heavy atom.